The van der Waals surface area contributed by atoms with Crippen molar-refractivity contribution in [3.63, 3.8) is 0 Å². The van der Waals surface area contributed by atoms with Gasteiger partial charge in [0.1, 0.15) is 12.1 Å². The molecule has 1 aromatic heterocycles. The molecule has 2 fully saturated rings. The first-order valence-electron chi connectivity index (χ1n) is 8.36. The van der Waals surface area contributed by atoms with E-state index in [1.165, 1.54) is 0 Å². The molecule has 7 heteroatoms. The predicted octanol–water partition coefficient (Wildman–Crippen LogP) is 1.30. The molecule has 2 atom stereocenters. The van der Waals surface area contributed by atoms with Crippen molar-refractivity contribution in [1.29, 1.82) is 0 Å². The maximum atomic E-state index is 12.2. The molecule has 0 radical (unpaired) electrons. The molecule has 2 saturated heterocycles. The topological polar surface area (TPSA) is 70.2 Å². The summed E-state index contributed by atoms with van der Waals surface area (Å²) in [6.45, 7) is 4.88. The van der Waals surface area contributed by atoms with E-state index in [1.54, 1.807) is 6.33 Å². The van der Waals surface area contributed by atoms with Gasteiger partial charge in [-0.25, -0.2) is 9.97 Å². The molecule has 1 amide bonds. The van der Waals surface area contributed by atoms with Crippen molar-refractivity contribution in [3.8, 4) is 0 Å². The van der Waals surface area contributed by atoms with Crippen molar-refractivity contribution in [1.82, 2.24) is 20.6 Å². The van der Waals surface area contributed by atoms with Crippen LogP contribution >= 0.6 is 12.4 Å². The smallest absolute Gasteiger partial charge is 0.237 e. The number of anilines is 1. The second-order valence-corrected chi connectivity index (χ2v) is 6.16. The van der Waals surface area contributed by atoms with Crippen LogP contribution in [0.3, 0.4) is 0 Å². The highest BCUT2D eigenvalue weighted by atomic mass is 35.5. The Hall–Kier alpha value is -1.40. The van der Waals surface area contributed by atoms with Gasteiger partial charge in [-0.1, -0.05) is 6.92 Å². The van der Waals surface area contributed by atoms with Crippen LogP contribution in [0.25, 0.3) is 0 Å². The summed E-state index contributed by atoms with van der Waals surface area (Å²) in [4.78, 5) is 23.1. The number of hydrogen-bond donors (Lipinski definition) is 2. The first-order chi connectivity index (χ1) is 10.8. The number of carbonyl (C=O) groups is 1. The Morgan fingerprint density at radius 1 is 1.39 bits per heavy atom. The lowest BCUT2D eigenvalue weighted by molar-refractivity contribution is -0.123. The van der Waals surface area contributed by atoms with E-state index in [4.69, 9.17) is 0 Å². The second-order valence-electron chi connectivity index (χ2n) is 6.16. The SMILES string of the molecule is CCc1cc(N2CCCC(NC(=O)C3CCCN3)C2)ncn1.Cl. The minimum Gasteiger partial charge on any atom is -0.354 e. The molecule has 128 valence electrons. The predicted molar refractivity (Wildman–Crippen MR) is 93.1 cm³/mol. The van der Waals surface area contributed by atoms with Crippen LogP contribution in [0.1, 0.15) is 38.3 Å². The van der Waals surface area contributed by atoms with Crippen molar-refractivity contribution >= 4 is 24.1 Å². The van der Waals surface area contributed by atoms with E-state index in [-0.39, 0.29) is 30.4 Å². The van der Waals surface area contributed by atoms with Crippen LogP contribution in [0.4, 0.5) is 5.82 Å². The number of amides is 1. The number of rotatable bonds is 4. The van der Waals surface area contributed by atoms with Gasteiger partial charge in [0, 0.05) is 30.9 Å². The zero-order chi connectivity index (χ0) is 15.4. The van der Waals surface area contributed by atoms with Gasteiger partial charge >= 0.3 is 0 Å². The fraction of sp³-hybridized carbons (Fsp3) is 0.688. The Labute approximate surface area is 143 Å². The van der Waals surface area contributed by atoms with Gasteiger partial charge in [0.15, 0.2) is 0 Å². The summed E-state index contributed by atoms with van der Waals surface area (Å²) in [6.07, 6.45) is 6.72. The molecule has 2 unspecified atom stereocenters. The fourth-order valence-corrected chi connectivity index (χ4v) is 3.27. The molecule has 3 rings (SSSR count). The molecule has 23 heavy (non-hydrogen) atoms. The average Bonchev–Trinajstić information content (AvgIpc) is 3.10. The van der Waals surface area contributed by atoms with Gasteiger partial charge in [0.25, 0.3) is 0 Å². The number of hydrogen-bond acceptors (Lipinski definition) is 5. The molecule has 0 spiro atoms. The van der Waals surface area contributed by atoms with Gasteiger partial charge in [0.05, 0.1) is 6.04 Å². The van der Waals surface area contributed by atoms with Crippen LogP contribution in [-0.4, -0.2) is 47.6 Å². The number of carbonyl (C=O) groups excluding carboxylic acids is 1. The Bertz CT molecular complexity index is 521. The zero-order valence-electron chi connectivity index (χ0n) is 13.6. The summed E-state index contributed by atoms with van der Waals surface area (Å²) < 4.78 is 0. The number of piperidine rings is 1. The molecule has 6 nitrogen and oxygen atoms in total. The quantitative estimate of drug-likeness (QED) is 0.865. The van der Waals surface area contributed by atoms with E-state index < -0.39 is 0 Å². The van der Waals surface area contributed by atoms with E-state index in [9.17, 15) is 4.79 Å². The van der Waals surface area contributed by atoms with E-state index >= 15 is 0 Å². The van der Waals surface area contributed by atoms with Crippen molar-refractivity contribution in [2.24, 2.45) is 0 Å². The zero-order valence-corrected chi connectivity index (χ0v) is 14.4. The summed E-state index contributed by atoms with van der Waals surface area (Å²) in [6, 6.07) is 2.27. The van der Waals surface area contributed by atoms with E-state index in [2.05, 4.69) is 38.5 Å². The number of aryl methyl sites for hydroxylation is 1. The first-order valence-corrected chi connectivity index (χ1v) is 8.36. The summed E-state index contributed by atoms with van der Waals surface area (Å²) in [5.41, 5.74) is 1.06. The standard InChI is InChI=1S/C16H25N5O.ClH/c1-2-12-9-15(19-11-18-12)21-8-4-5-13(10-21)20-16(22)14-6-3-7-17-14;/h9,11,13-14,17H,2-8,10H2,1H3,(H,20,22);1H. The molecule has 2 aliphatic rings. The van der Waals surface area contributed by atoms with Gasteiger partial charge in [-0.3, -0.25) is 4.79 Å². The normalized spacial score (nSPS) is 24.1. The van der Waals surface area contributed by atoms with Gasteiger partial charge < -0.3 is 15.5 Å². The fourth-order valence-electron chi connectivity index (χ4n) is 3.27. The highest BCUT2D eigenvalue weighted by Gasteiger charge is 2.27. The average molecular weight is 340 g/mol. The summed E-state index contributed by atoms with van der Waals surface area (Å²) in [5.74, 6) is 1.13. The minimum atomic E-state index is 0. The lowest BCUT2D eigenvalue weighted by Crippen LogP contribution is -2.52. The molecule has 0 saturated carbocycles. The number of halogens is 1. The third-order valence-electron chi connectivity index (χ3n) is 4.54. The second kappa shape index (κ2) is 8.45. The van der Waals surface area contributed by atoms with Crippen LogP contribution in [0.15, 0.2) is 12.4 Å². The van der Waals surface area contributed by atoms with Crippen molar-refractivity contribution in [2.45, 2.75) is 51.1 Å². The third kappa shape index (κ3) is 4.54. The van der Waals surface area contributed by atoms with Crippen molar-refractivity contribution in [3.05, 3.63) is 18.1 Å². The summed E-state index contributed by atoms with van der Waals surface area (Å²) >= 11 is 0. The molecule has 2 N–H and O–H groups in total. The van der Waals surface area contributed by atoms with Gasteiger partial charge in [-0.2, -0.15) is 0 Å². The molecule has 0 bridgehead atoms. The number of nitrogens with one attached hydrogen (secondary N) is 2. The largest absolute Gasteiger partial charge is 0.354 e. The number of aromatic nitrogens is 2. The maximum Gasteiger partial charge on any atom is 0.237 e. The van der Waals surface area contributed by atoms with E-state index in [0.29, 0.717) is 0 Å². The van der Waals surface area contributed by atoms with Crippen LogP contribution in [0, 0.1) is 0 Å². The van der Waals surface area contributed by atoms with Crippen LogP contribution < -0.4 is 15.5 Å². The molecule has 3 heterocycles. The summed E-state index contributed by atoms with van der Waals surface area (Å²) in [7, 11) is 0. The summed E-state index contributed by atoms with van der Waals surface area (Å²) in [5, 5.41) is 6.46. The Morgan fingerprint density at radius 3 is 3.00 bits per heavy atom. The van der Waals surface area contributed by atoms with Gasteiger partial charge in [-0.15, -0.1) is 12.4 Å². The molecular formula is C16H26ClN5O. The molecular weight excluding hydrogens is 314 g/mol. The third-order valence-corrected chi connectivity index (χ3v) is 4.54. The maximum absolute atomic E-state index is 12.2. The Kier molecular flexibility index (Phi) is 6.59. The molecule has 0 aliphatic carbocycles. The molecule has 2 aliphatic heterocycles. The van der Waals surface area contributed by atoms with Gasteiger partial charge in [0.2, 0.25) is 5.91 Å². The van der Waals surface area contributed by atoms with E-state index in [0.717, 1.165) is 63.3 Å². The van der Waals surface area contributed by atoms with Crippen molar-refractivity contribution in [2.75, 3.05) is 24.5 Å². The Balaban J connectivity index is 0.00000192. The Morgan fingerprint density at radius 2 is 2.26 bits per heavy atom. The van der Waals surface area contributed by atoms with Crippen LogP contribution in [0.2, 0.25) is 0 Å². The van der Waals surface area contributed by atoms with E-state index in [1.807, 2.05) is 0 Å². The first kappa shape index (κ1) is 17.9. The highest BCUT2D eigenvalue weighted by molar-refractivity contribution is 5.85. The molecule has 1 aromatic rings. The highest BCUT2D eigenvalue weighted by Crippen LogP contribution is 2.18. The lowest BCUT2D eigenvalue weighted by atomic mass is 10.0. The van der Waals surface area contributed by atoms with Gasteiger partial charge in [-0.05, 0) is 38.6 Å². The minimum absolute atomic E-state index is 0. The van der Waals surface area contributed by atoms with Crippen LogP contribution in [-0.2, 0) is 11.2 Å². The lowest BCUT2D eigenvalue weighted by Gasteiger charge is -2.34. The number of nitrogens with zero attached hydrogens (tertiary/aromatic N) is 3. The van der Waals surface area contributed by atoms with Crippen LogP contribution in [0.5, 0.6) is 0 Å². The molecule has 0 aromatic carbocycles. The monoisotopic (exact) mass is 339 g/mol. The van der Waals surface area contributed by atoms with Crippen molar-refractivity contribution < 1.29 is 4.79 Å².